The fourth-order valence-electron chi connectivity index (χ4n) is 2.36. The number of hydrogen-bond acceptors (Lipinski definition) is 4. The molecule has 108 valence electrons. The van der Waals surface area contributed by atoms with Crippen molar-refractivity contribution < 1.29 is 0 Å². The third-order valence-electron chi connectivity index (χ3n) is 3.38. The fourth-order valence-corrected chi connectivity index (χ4v) is 2.79. The third kappa shape index (κ3) is 2.63. The van der Waals surface area contributed by atoms with E-state index in [-0.39, 0.29) is 0 Å². The monoisotopic (exact) mass is 345 g/mol. The standard InChI is InChI=1S/C15H16BrN5/c1-2-20(9-8-16)14-13-10-19-21(15(13)18-11-17-14)12-6-4-3-5-7-12/h3-7,10-11H,2,8-9H2,1H3. The van der Waals surface area contributed by atoms with Crippen LogP contribution in [-0.4, -0.2) is 38.2 Å². The molecule has 0 fully saturated rings. The lowest BCUT2D eigenvalue weighted by Crippen LogP contribution is -2.26. The second-order valence-corrected chi connectivity index (χ2v) is 5.39. The molecule has 0 aliphatic carbocycles. The summed E-state index contributed by atoms with van der Waals surface area (Å²) in [7, 11) is 0. The van der Waals surface area contributed by atoms with Gasteiger partial charge in [-0.15, -0.1) is 0 Å². The molecule has 0 bridgehead atoms. The molecule has 0 atom stereocenters. The van der Waals surface area contributed by atoms with Crippen molar-refractivity contribution in [3.05, 3.63) is 42.9 Å². The lowest BCUT2D eigenvalue weighted by molar-refractivity contribution is 0.855. The summed E-state index contributed by atoms with van der Waals surface area (Å²) in [6, 6.07) is 10.0. The Balaban J connectivity index is 2.12. The molecule has 5 nitrogen and oxygen atoms in total. The SMILES string of the molecule is CCN(CCBr)c1ncnc2c1cnn2-c1ccccc1. The molecule has 0 saturated carbocycles. The van der Waals surface area contributed by atoms with Crippen molar-refractivity contribution in [3.8, 4) is 5.69 Å². The average Bonchev–Trinajstić information content (AvgIpc) is 2.97. The number of halogens is 1. The number of benzene rings is 1. The second-order valence-electron chi connectivity index (χ2n) is 4.60. The van der Waals surface area contributed by atoms with E-state index in [1.54, 1.807) is 6.33 Å². The molecule has 0 aliphatic rings. The summed E-state index contributed by atoms with van der Waals surface area (Å²) >= 11 is 3.49. The molecular formula is C15H16BrN5. The first-order valence-corrected chi connectivity index (χ1v) is 8.02. The summed E-state index contributed by atoms with van der Waals surface area (Å²) in [4.78, 5) is 11.1. The minimum absolute atomic E-state index is 0.833. The molecule has 21 heavy (non-hydrogen) atoms. The van der Waals surface area contributed by atoms with Crippen molar-refractivity contribution >= 4 is 32.8 Å². The van der Waals surface area contributed by atoms with Gasteiger partial charge in [-0.25, -0.2) is 14.6 Å². The van der Waals surface area contributed by atoms with E-state index in [4.69, 9.17) is 0 Å². The number of rotatable bonds is 5. The van der Waals surface area contributed by atoms with E-state index < -0.39 is 0 Å². The summed E-state index contributed by atoms with van der Waals surface area (Å²) < 4.78 is 1.85. The molecule has 0 radical (unpaired) electrons. The van der Waals surface area contributed by atoms with Gasteiger partial charge in [0.25, 0.3) is 0 Å². The zero-order chi connectivity index (χ0) is 14.7. The number of alkyl halides is 1. The van der Waals surface area contributed by atoms with Crippen LogP contribution in [0.1, 0.15) is 6.92 Å². The maximum Gasteiger partial charge on any atom is 0.168 e. The van der Waals surface area contributed by atoms with Crippen molar-refractivity contribution in [2.24, 2.45) is 0 Å². The molecule has 1 aromatic carbocycles. The molecule has 3 aromatic rings. The van der Waals surface area contributed by atoms with E-state index in [0.717, 1.165) is 41.0 Å². The first-order valence-electron chi connectivity index (χ1n) is 6.90. The van der Waals surface area contributed by atoms with Crippen LogP contribution in [0.2, 0.25) is 0 Å². The highest BCUT2D eigenvalue weighted by atomic mass is 79.9. The summed E-state index contributed by atoms with van der Waals surface area (Å²) in [6.07, 6.45) is 3.45. The normalized spacial score (nSPS) is 11.0. The van der Waals surface area contributed by atoms with Crippen LogP contribution < -0.4 is 4.90 Å². The molecule has 0 saturated heterocycles. The van der Waals surface area contributed by atoms with Crippen LogP contribution in [0.3, 0.4) is 0 Å². The van der Waals surface area contributed by atoms with Crippen molar-refractivity contribution in [1.82, 2.24) is 19.7 Å². The molecule has 3 rings (SSSR count). The van der Waals surface area contributed by atoms with Crippen molar-refractivity contribution in [3.63, 3.8) is 0 Å². The van der Waals surface area contributed by atoms with E-state index >= 15 is 0 Å². The lowest BCUT2D eigenvalue weighted by atomic mass is 10.3. The van der Waals surface area contributed by atoms with Crippen LogP contribution in [0.25, 0.3) is 16.7 Å². The van der Waals surface area contributed by atoms with Gasteiger partial charge < -0.3 is 4.90 Å². The zero-order valence-corrected chi connectivity index (χ0v) is 13.4. The number of hydrogen-bond donors (Lipinski definition) is 0. The number of nitrogens with zero attached hydrogens (tertiary/aromatic N) is 5. The van der Waals surface area contributed by atoms with Gasteiger partial charge in [0.05, 0.1) is 17.3 Å². The van der Waals surface area contributed by atoms with Crippen molar-refractivity contribution in [1.29, 1.82) is 0 Å². The Labute approximate surface area is 131 Å². The summed E-state index contributed by atoms with van der Waals surface area (Å²) in [6.45, 7) is 3.92. The molecule has 2 aromatic heterocycles. The van der Waals surface area contributed by atoms with Crippen molar-refractivity contribution in [2.75, 3.05) is 23.3 Å². The Bertz CT molecular complexity index is 725. The van der Waals surface area contributed by atoms with E-state index in [0.29, 0.717) is 0 Å². The molecule has 0 amide bonds. The molecular weight excluding hydrogens is 330 g/mol. The molecule has 0 N–H and O–H groups in total. The topological polar surface area (TPSA) is 46.8 Å². The first-order chi connectivity index (χ1) is 10.3. The second kappa shape index (κ2) is 6.22. The van der Waals surface area contributed by atoms with Gasteiger partial charge >= 0.3 is 0 Å². The summed E-state index contributed by atoms with van der Waals surface area (Å²) in [5, 5.41) is 6.36. The van der Waals surface area contributed by atoms with Crippen LogP contribution in [0.4, 0.5) is 5.82 Å². The average molecular weight is 346 g/mol. The predicted octanol–water partition coefficient (Wildman–Crippen LogP) is 3.04. The van der Waals surface area contributed by atoms with E-state index in [1.807, 2.05) is 41.2 Å². The van der Waals surface area contributed by atoms with Gasteiger partial charge in [-0.05, 0) is 19.1 Å². The third-order valence-corrected chi connectivity index (χ3v) is 3.74. The van der Waals surface area contributed by atoms with Gasteiger partial charge in [-0.1, -0.05) is 34.1 Å². The van der Waals surface area contributed by atoms with Gasteiger partial charge in [0, 0.05) is 18.4 Å². The highest BCUT2D eigenvalue weighted by molar-refractivity contribution is 9.09. The summed E-state index contributed by atoms with van der Waals surface area (Å²) in [5.74, 6) is 0.934. The Kier molecular flexibility index (Phi) is 4.15. The number of anilines is 1. The number of fused-ring (bicyclic) bond motifs is 1. The fraction of sp³-hybridized carbons (Fsp3) is 0.267. The van der Waals surface area contributed by atoms with Gasteiger partial charge in [0.2, 0.25) is 0 Å². The highest BCUT2D eigenvalue weighted by Gasteiger charge is 2.14. The molecule has 6 heteroatoms. The van der Waals surface area contributed by atoms with Gasteiger partial charge in [-0.2, -0.15) is 5.10 Å². The van der Waals surface area contributed by atoms with E-state index in [1.165, 1.54) is 0 Å². The maximum atomic E-state index is 4.48. The first kappa shape index (κ1) is 14.0. The van der Waals surface area contributed by atoms with Crippen LogP contribution in [-0.2, 0) is 0 Å². The number of para-hydroxylation sites is 1. The van der Waals surface area contributed by atoms with Crippen LogP contribution in [0.5, 0.6) is 0 Å². The minimum Gasteiger partial charge on any atom is -0.355 e. The van der Waals surface area contributed by atoms with E-state index in [2.05, 4.69) is 42.8 Å². The Morgan fingerprint density at radius 1 is 1.19 bits per heavy atom. The molecule has 0 unspecified atom stereocenters. The molecule has 2 heterocycles. The quantitative estimate of drug-likeness (QED) is 0.667. The highest BCUT2D eigenvalue weighted by Crippen LogP contribution is 2.24. The Morgan fingerprint density at radius 3 is 2.71 bits per heavy atom. The summed E-state index contributed by atoms with van der Waals surface area (Å²) in [5.41, 5.74) is 1.83. The smallest absolute Gasteiger partial charge is 0.168 e. The largest absolute Gasteiger partial charge is 0.355 e. The van der Waals surface area contributed by atoms with Gasteiger partial charge in [0.15, 0.2) is 5.65 Å². The minimum atomic E-state index is 0.833. The zero-order valence-electron chi connectivity index (χ0n) is 11.8. The molecule has 0 spiro atoms. The van der Waals surface area contributed by atoms with Crippen LogP contribution in [0, 0.1) is 0 Å². The predicted molar refractivity (Wildman–Crippen MR) is 88.3 cm³/mol. The van der Waals surface area contributed by atoms with E-state index in [9.17, 15) is 0 Å². The Morgan fingerprint density at radius 2 is 2.00 bits per heavy atom. The Hall–Kier alpha value is -1.95. The van der Waals surface area contributed by atoms with Crippen molar-refractivity contribution in [2.45, 2.75) is 6.92 Å². The maximum absolute atomic E-state index is 4.48. The lowest BCUT2D eigenvalue weighted by Gasteiger charge is -2.20. The van der Waals surface area contributed by atoms with Crippen LogP contribution >= 0.6 is 15.9 Å². The number of aromatic nitrogens is 4. The van der Waals surface area contributed by atoms with Crippen LogP contribution in [0.15, 0.2) is 42.9 Å². The molecule has 0 aliphatic heterocycles. The van der Waals surface area contributed by atoms with Gasteiger partial charge in [-0.3, -0.25) is 0 Å². The van der Waals surface area contributed by atoms with Gasteiger partial charge in [0.1, 0.15) is 12.1 Å².